The summed E-state index contributed by atoms with van der Waals surface area (Å²) in [5.74, 6) is 1.11. The molecule has 2 aromatic rings. The highest BCUT2D eigenvalue weighted by Gasteiger charge is 2.21. The average Bonchev–Trinajstić information content (AvgIpc) is 2.68. The maximum atomic E-state index is 12.6. The summed E-state index contributed by atoms with van der Waals surface area (Å²) in [4.78, 5) is 26.7. The van der Waals surface area contributed by atoms with Gasteiger partial charge in [0.2, 0.25) is 0 Å². The molecule has 1 saturated heterocycles. The molecule has 0 spiro atoms. The summed E-state index contributed by atoms with van der Waals surface area (Å²) in [7, 11) is 0. The second-order valence-electron chi connectivity index (χ2n) is 7.42. The van der Waals surface area contributed by atoms with Crippen molar-refractivity contribution >= 4 is 49.4 Å². The first kappa shape index (κ1) is 21.8. The molecule has 7 heteroatoms. The van der Waals surface area contributed by atoms with Crippen LogP contribution < -0.4 is 10.1 Å². The van der Waals surface area contributed by atoms with E-state index in [4.69, 9.17) is 4.74 Å². The lowest BCUT2D eigenvalue weighted by Gasteiger charge is -2.30. The zero-order valence-electron chi connectivity index (χ0n) is 16.5. The van der Waals surface area contributed by atoms with E-state index < -0.39 is 0 Å². The number of nitrogens with zero attached hydrogens (tertiary/aromatic N) is 1. The second-order valence-corrected chi connectivity index (χ2v) is 9.19. The van der Waals surface area contributed by atoms with Gasteiger partial charge in [-0.25, -0.2) is 0 Å². The zero-order valence-corrected chi connectivity index (χ0v) is 19.7. The monoisotopic (exact) mass is 522 g/mol. The third-order valence-corrected chi connectivity index (χ3v) is 6.08. The van der Waals surface area contributed by atoms with Gasteiger partial charge in [0.05, 0.1) is 4.47 Å². The molecule has 1 fully saturated rings. The SMILES string of the molecule is Cc1cc(Br)cc(Br)c1OCC(=O)Nc1ccc(C(=O)N2CCC(C)CC2)cc1. The fourth-order valence-electron chi connectivity index (χ4n) is 3.30. The first-order valence-corrected chi connectivity index (χ1v) is 11.2. The van der Waals surface area contributed by atoms with Gasteiger partial charge in [0, 0.05) is 28.8 Å². The van der Waals surface area contributed by atoms with Crippen molar-refractivity contribution in [3.8, 4) is 5.75 Å². The predicted octanol–water partition coefficient (Wildman–Crippen LogP) is 5.41. The minimum absolute atomic E-state index is 0.0497. The molecule has 0 unspecified atom stereocenters. The second kappa shape index (κ2) is 9.76. The number of amides is 2. The lowest BCUT2D eigenvalue weighted by atomic mass is 9.98. The van der Waals surface area contributed by atoms with Crippen LogP contribution in [0.5, 0.6) is 5.75 Å². The summed E-state index contributed by atoms with van der Waals surface area (Å²) < 4.78 is 7.39. The molecule has 5 nitrogen and oxygen atoms in total. The van der Waals surface area contributed by atoms with Gasteiger partial charge in [-0.3, -0.25) is 9.59 Å². The van der Waals surface area contributed by atoms with Gasteiger partial charge < -0.3 is 15.0 Å². The number of nitrogens with one attached hydrogen (secondary N) is 1. The average molecular weight is 524 g/mol. The van der Waals surface area contributed by atoms with E-state index >= 15 is 0 Å². The van der Waals surface area contributed by atoms with Gasteiger partial charge in [-0.2, -0.15) is 0 Å². The molecule has 29 heavy (non-hydrogen) atoms. The molecule has 0 bridgehead atoms. The van der Waals surface area contributed by atoms with Crippen LogP contribution in [0.3, 0.4) is 0 Å². The van der Waals surface area contributed by atoms with Gasteiger partial charge in [0.1, 0.15) is 5.75 Å². The maximum Gasteiger partial charge on any atom is 0.262 e. The van der Waals surface area contributed by atoms with Crippen molar-refractivity contribution in [3.05, 3.63) is 56.5 Å². The predicted molar refractivity (Wildman–Crippen MR) is 121 cm³/mol. The van der Waals surface area contributed by atoms with Crippen LogP contribution >= 0.6 is 31.9 Å². The van der Waals surface area contributed by atoms with Gasteiger partial charge >= 0.3 is 0 Å². The molecule has 3 rings (SSSR count). The number of carbonyl (C=O) groups is 2. The van der Waals surface area contributed by atoms with Crippen molar-refractivity contribution in [1.29, 1.82) is 0 Å². The Morgan fingerprint density at radius 2 is 1.79 bits per heavy atom. The van der Waals surface area contributed by atoms with E-state index in [1.807, 2.05) is 24.0 Å². The topological polar surface area (TPSA) is 58.6 Å². The molecule has 0 aromatic heterocycles. The molecular formula is C22H24Br2N2O3. The van der Waals surface area contributed by atoms with E-state index in [1.54, 1.807) is 24.3 Å². The summed E-state index contributed by atoms with van der Waals surface area (Å²) in [5, 5.41) is 2.80. The van der Waals surface area contributed by atoms with E-state index in [9.17, 15) is 9.59 Å². The van der Waals surface area contributed by atoms with E-state index in [1.165, 1.54) is 0 Å². The third kappa shape index (κ3) is 5.82. The van der Waals surface area contributed by atoms with E-state index in [2.05, 4.69) is 44.1 Å². The number of halogens is 2. The van der Waals surface area contributed by atoms with Gasteiger partial charge in [-0.05, 0) is 83.6 Å². The van der Waals surface area contributed by atoms with Crippen molar-refractivity contribution in [2.75, 3.05) is 25.0 Å². The number of ether oxygens (including phenoxy) is 1. The standard InChI is InChI=1S/C22H24Br2N2O3/c1-14-7-9-26(10-8-14)22(28)16-3-5-18(6-4-16)25-20(27)13-29-21-15(2)11-17(23)12-19(21)24/h3-6,11-12,14H,7-10,13H2,1-2H3,(H,25,27). The number of hydrogen-bond acceptors (Lipinski definition) is 3. The van der Waals surface area contributed by atoms with Gasteiger partial charge in [-0.1, -0.05) is 22.9 Å². The highest BCUT2D eigenvalue weighted by Crippen LogP contribution is 2.32. The molecule has 2 aromatic carbocycles. The van der Waals surface area contributed by atoms with Crippen LogP contribution in [0, 0.1) is 12.8 Å². The Morgan fingerprint density at radius 3 is 2.41 bits per heavy atom. The molecule has 1 aliphatic heterocycles. The van der Waals surface area contributed by atoms with E-state index in [0.717, 1.165) is 40.4 Å². The minimum atomic E-state index is -0.261. The van der Waals surface area contributed by atoms with Crippen molar-refractivity contribution in [2.24, 2.45) is 5.92 Å². The van der Waals surface area contributed by atoms with E-state index in [0.29, 0.717) is 22.9 Å². The fraction of sp³-hybridized carbons (Fsp3) is 0.364. The molecule has 2 amide bonds. The summed E-state index contributed by atoms with van der Waals surface area (Å²) in [6.07, 6.45) is 2.10. The molecule has 0 atom stereocenters. The van der Waals surface area contributed by atoms with Gasteiger partial charge in [0.25, 0.3) is 11.8 Å². The van der Waals surface area contributed by atoms with Gasteiger partial charge in [-0.15, -0.1) is 0 Å². The number of carbonyl (C=O) groups excluding carboxylic acids is 2. The molecule has 0 aliphatic carbocycles. The van der Waals surface area contributed by atoms with Gasteiger partial charge in [0.15, 0.2) is 6.61 Å². The van der Waals surface area contributed by atoms with Crippen LogP contribution in [-0.4, -0.2) is 36.4 Å². The Morgan fingerprint density at radius 1 is 1.14 bits per heavy atom. The maximum absolute atomic E-state index is 12.6. The Balaban J connectivity index is 1.54. The molecule has 1 N–H and O–H groups in total. The largest absolute Gasteiger partial charge is 0.482 e. The Hall–Kier alpha value is -1.86. The number of anilines is 1. The Kier molecular flexibility index (Phi) is 7.35. The first-order chi connectivity index (χ1) is 13.8. The van der Waals surface area contributed by atoms with Crippen molar-refractivity contribution in [2.45, 2.75) is 26.7 Å². The first-order valence-electron chi connectivity index (χ1n) is 9.61. The van der Waals surface area contributed by atoms with Crippen LogP contribution in [0.1, 0.15) is 35.7 Å². The molecule has 1 aliphatic rings. The third-order valence-electron chi connectivity index (χ3n) is 5.03. The highest BCUT2D eigenvalue weighted by molar-refractivity contribution is 9.11. The van der Waals surface area contributed by atoms with Crippen molar-refractivity contribution in [3.63, 3.8) is 0 Å². The Labute approximate surface area is 188 Å². The lowest BCUT2D eigenvalue weighted by Crippen LogP contribution is -2.37. The van der Waals surface area contributed by atoms with E-state index in [-0.39, 0.29) is 18.4 Å². The lowest BCUT2D eigenvalue weighted by molar-refractivity contribution is -0.118. The Bertz CT molecular complexity index is 868. The summed E-state index contributed by atoms with van der Waals surface area (Å²) in [5.41, 5.74) is 2.20. The molecule has 0 radical (unpaired) electrons. The minimum Gasteiger partial charge on any atom is -0.482 e. The smallest absolute Gasteiger partial charge is 0.262 e. The van der Waals surface area contributed by atoms with Crippen LogP contribution in [0.25, 0.3) is 0 Å². The van der Waals surface area contributed by atoms with Crippen LogP contribution in [-0.2, 0) is 4.79 Å². The molecule has 1 heterocycles. The van der Waals surface area contributed by atoms with Crippen LogP contribution in [0.4, 0.5) is 5.69 Å². The number of hydrogen-bond donors (Lipinski definition) is 1. The number of rotatable bonds is 5. The quantitative estimate of drug-likeness (QED) is 0.570. The number of benzene rings is 2. The van der Waals surface area contributed by atoms with Crippen molar-refractivity contribution < 1.29 is 14.3 Å². The molecule has 0 saturated carbocycles. The van der Waals surface area contributed by atoms with Crippen LogP contribution in [0.2, 0.25) is 0 Å². The highest BCUT2D eigenvalue weighted by atomic mass is 79.9. The summed E-state index contributed by atoms with van der Waals surface area (Å²) >= 11 is 6.87. The molecular weight excluding hydrogens is 500 g/mol. The normalized spacial score (nSPS) is 14.6. The number of likely N-dealkylation sites (tertiary alicyclic amines) is 1. The van der Waals surface area contributed by atoms with Crippen molar-refractivity contribution in [1.82, 2.24) is 4.90 Å². The summed E-state index contributed by atoms with van der Waals surface area (Å²) in [6, 6.07) is 10.8. The number of piperidine rings is 1. The molecule has 154 valence electrons. The zero-order chi connectivity index (χ0) is 21.0. The number of aryl methyl sites for hydroxylation is 1. The summed E-state index contributed by atoms with van der Waals surface area (Å²) in [6.45, 7) is 5.65. The van der Waals surface area contributed by atoms with Crippen LogP contribution in [0.15, 0.2) is 45.3 Å². The fourth-order valence-corrected chi connectivity index (χ4v) is 4.85.